The maximum atomic E-state index is 11.9. The molecule has 184 valence electrons. The summed E-state index contributed by atoms with van der Waals surface area (Å²) < 4.78 is 105. The van der Waals surface area contributed by atoms with Gasteiger partial charge in [0.15, 0.2) is 24.8 Å². The van der Waals surface area contributed by atoms with Crippen LogP contribution in [0.5, 0.6) is 0 Å². The summed E-state index contributed by atoms with van der Waals surface area (Å²) >= 11 is 0. The molecule has 2 rings (SSSR count). The third kappa shape index (κ3) is 8.24. The molecule has 2 heterocycles. The van der Waals surface area contributed by atoms with Gasteiger partial charge in [-0.3, -0.25) is 9.59 Å². The first kappa shape index (κ1) is 26.9. The van der Waals surface area contributed by atoms with Gasteiger partial charge in [0.2, 0.25) is 0 Å². The highest BCUT2D eigenvalue weighted by molar-refractivity contribution is 7.96. The topological polar surface area (TPSA) is 221 Å². The molecule has 2 amide bonds. The van der Waals surface area contributed by atoms with Gasteiger partial charge in [0.25, 0.3) is 11.8 Å². The lowest BCUT2D eigenvalue weighted by atomic mass is 10.5. The molecule has 0 spiro atoms. The van der Waals surface area contributed by atoms with Gasteiger partial charge in [0.05, 0.1) is 0 Å². The van der Waals surface area contributed by atoms with E-state index in [2.05, 4.69) is 7.26 Å². The van der Waals surface area contributed by atoms with E-state index < -0.39 is 53.0 Å². The molecule has 0 fully saturated rings. The molecule has 0 bridgehead atoms. The molecule has 0 unspecified atom stereocenters. The van der Waals surface area contributed by atoms with Gasteiger partial charge in [-0.05, 0) is 0 Å². The minimum atomic E-state index is -5.24. The highest BCUT2D eigenvalue weighted by atomic mass is 32.3. The van der Waals surface area contributed by atoms with Gasteiger partial charge in [0, 0.05) is 36.4 Å². The van der Waals surface area contributed by atoms with Crippen LogP contribution in [0, 0.1) is 0 Å². The number of nitrogens with one attached hydrogen (secondary N) is 2. The van der Waals surface area contributed by atoms with Crippen molar-refractivity contribution in [1.29, 1.82) is 0 Å². The Balaban J connectivity index is 1.99. The van der Waals surface area contributed by atoms with Crippen LogP contribution < -0.4 is 17.4 Å². The molecule has 2 aromatic rings. The van der Waals surface area contributed by atoms with Crippen molar-refractivity contribution in [3.8, 4) is 0 Å². The third-order valence-corrected chi connectivity index (χ3v) is 8.31. The fourth-order valence-corrected chi connectivity index (χ4v) is 6.01. The van der Waals surface area contributed by atoms with Crippen molar-refractivity contribution in [1.82, 2.24) is 9.44 Å². The SMILES string of the molecule is O=C(/C=C/C(=O)NS(=O)(=O)OS(=O)(=O)[n+]1ccccc1)NS(=O)(=O)OS(=O)(=O)[n+]1ccccc1. The van der Waals surface area contributed by atoms with Crippen LogP contribution in [0.25, 0.3) is 0 Å². The Kier molecular flexibility index (Phi) is 8.18. The average molecular weight is 559 g/mol. The number of aromatic nitrogens is 2. The number of nitrogens with zero attached hydrogens (tertiary/aromatic N) is 2. The smallest absolute Gasteiger partial charge is 0.269 e. The highest BCUT2D eigenvalue weighted by Gasteiger charge is 2.33. The van der Waals surface area contributed by atoms with E-state index in [0.29, 0.717) is 7.94 Å². The van der Waals surface area contributed by atoms with Gasteiger partial charge in [-0.15, -0.1) is 16.8 Å². The van der Waals surface area contributed by atoms with Crippen molar-refractivity contribution in [2.75, 3.05) is 0 Å². The van der Waals surface area contributed by atoms with Gasteiger partial charge < -0.3 is 0 Å². The normalized spacial score (nSPS) is 12.8. The van der Waals surface area contributed by atoms with E-state index in [0.717, 1.165) is 34.2 Å². The van der Waals surface area contributed by atoms with Gasteiger partial charge in [0.1, 0.15) is 0 Å². The van der Waals surface area contributed by atoms with Crippen LogP contribution in [0.15, 0.2) is 73.3 Å². The lowest BCUT2D eigenvalue weighted by molar-refractivity contribution is -0.518. The van der Waals surface area contributed by atoms with Gasteiger partial charge in [-0.25, -0.2) is 9.44 Å². The largest absolute Gasteiger partial charge is 0.530 e. The molecule has 0 saturated carbocycles. The van der Waals surface area contributed by atoms with Crippen molar-refractivity contribution in [2.45, 2.75) is 0 Å². The monoisotopic (exact) mass is 558 g/mol. The molecule has 16 nitrogen and oxygen atoms in total. The molecule has 34 heavy (non-hydrogen) atoms. The van der Waals surface area contributed by atoms with Crippen LogP contribution in [-0.2, 0) is 58.1 Å². The first-order valence-electron chi connectivity index (χ1n) is 8.29. The van der Waals surface area contributed by atoms with Crippen LogP contribution in [0.1, 0.15) is 0 Å². The molecule has 0 aliphatic rings. The molecular formula is C14H14N4O12S4+2. The van der Waals surface area contributed by atoms with Crippen LogP contribution in [0.3, 0.4) is 0 Å². The maximum absolute atomic E-state index is 11.9. The van der Waals surface area contributed by atoms with Crippen LogP contribution in [0.4, 0.5) is 0 Å². The second-order valence-electron chi connectivity index (χ2n) is 5.64. The Bertz CT molecular complexity index is 1400. The van der Waals surface area contributed by atoms with Crippen LogP contribution >= 0.6 is 0 Å². The number of hydrogen-bond acceptors (Lipinski definition) is 12. The predicted octanol–water partition coefficient (Wildman–Crippen LogP) is -3.54. The van der Waals surface area contributed by atoms with Gasteiger partial charge in [-0.1, -0.05) is 27.3 Å². The number of carbonyl (C=O) groups is 2. The van der Waals surface area contributed by atoms with E-state index in [1.54, 1.807) is 0 Å². The van der Waals surface area contributed by atoms with E-state index in [9.17, 15) is 43.3 Å². The van der Waals surface area contributed by atoms with E-state index in [1.807, 2.05) is 0 Å². The van der Waals surface area contributed by atoms with Crippen molar-refractivity contribution in [3.63, 3.8) is 0 Å². The van der Waals surface area contributed by atoms with Crippen LogP contribution in [-0.4, -0.2) is 45.5 Å². The summed E-state index contributed by atoms with van der Waals surface area (Å²) in [7, 11) is -20.3. The summed E-state index contributed by atoms with van der Waals surface area (Å²) in [4.78, 5) is 23.3. The standard InChI is InChI=1S/C14H12N4O12S4/c19-13(15-31(21,22)29-33(25,26)17-9-3-1-4-10-17)7-8-14(20)16-32(23,24)30-34(27,28)18-11-5-2-6-12-18/h1-12H/p+2/b8-7+. The minimum Gasteiger partial charge on any atom is -0.269 e. The Morgan fingerprint density at radius 3 is 1.15 bits per heavy atom. The van der Waals surface area contributed by atoms with Crippen molar-refractivity contribution >= 4 is 53.0 Å². The van der Waals surface area contributed by atoms with E-state index in [1.165, 1.54) is 36.4 Å². The molecule has 0 radical (unpaired) electrons. The molecule has 0 saturated heterocycles. The van der Waals surface area contributed by atoms with Crippen LogP contribution in [0.2, 0.25) is 0 Å². The lowest BCUT2D eigenvalue weighted by Gasteiger charge is -2.03. The van der Waals surface area contributed by atoms with Crippen molar-refractivity contribution < 1.29 is 58.5 Å². The number of rotatable bonds is 10. The average Bonchev–Trinajstić information content (AvgIpc) is 2.71. The Labute approximate surface area is 194 Å². The minimum absolute atomic E-state index is 0.189. The Morgan fingerprint density at radius 2 is 0.853 bits per heavy atom. The number of pyridine rings is 2. The van der Waals surface area contributed by atoms with Crippen molar-refractivity contribution in [2.24, 2.45) is 0 Å². The second kappa shape index (κ2) is 10.3. The maximum Gasteiger partial charge on any atom is 0.530 e. The van der Waals surface area contributed by atoms with Gasteiger partial charge >= 0.3 is 41.2 Å². The first-order chi connectivity index (χ1) is 15.6. The third-order valence-electron chi connectivity index (χ3n) is 3.08. The summed E-state index contributed by atoms with van der Waals surface area (Å²) in [6.45, 7) is 0. The van der Waals surface area contributed by atoms with E-state index >= 15 is 0 Å². The van der Waals surface area contributed by atoms with E-state index in [4.69, 9.17) is 0 Å². The summed E-state index contributed by atoms with van der Waals surface area (Å²) in [6.07, 6.45) is 4.14. The second-order valence-corrected chi connectivity index (χ2v) is 11.5. The molecule has 20 heteroatoms. The zero-order valence-corrected chi connectivity index (χ0v) is 19.6. The highest BCUT2D eigenvalue weighted by Crippen LogP contribution is 1.98. The Hall–Kier alpha value is -3.30. The molecule has 0 aliphatic carbocycles. The first-order valence-corrected chi connectivity index (χ1v) is 13.8. The summed E-state index contributed by atoms with van der Waals surface area (Å²) in [5.41, 5.74) is 0. The molecule has 2 aromatic heterocycles. The Morgan fingerprint density at radius 1 is 0.559 bits per heavy atom. The number of hydrogen-bond donors (Lipinski definition) is 2. The van der Waals surface area contributed by atoms with Gasteiger partial charge in [-0.2, -0.15) is 16.8 Å². The molecule has 0 aromatic carbocycles. The zero-order valence-electron chi connectivity index (χ0n) is 16.4. The molecule has 2 N–H and O–H groups in total. The molecular weight excluding hydrogens is 544 g/mol. The lowest BCUT2D eigenvalue weighted by Crippen LogP contribution is -2.46. The molecule has 0 aliphatic heterocycles. The summed E-state index contributed by atoms with van der Waals surface area (Å²) in [5, 5.41) is 0. The summed E-state index contributed by atoms with van der Waals surface area (Å²) in [6, 6.07) is 7.84. The fraction of sp³-hybridized carbons (Fsp3) is 0. The fourth-order valence-electron chi connectivity index (χ4n) is 1.86. The zero-order chi connectivity index (χ0) is 25.6. The van der Waals surface area contributed by atoms with Crippen molar-refractivity contribution in [3.05, 3.63) is 73.3 Å². The van der Waals surface area contributed by atoms with E-state index in [-0.39, 0.29) is 12.2 Å². The quantitative estimate of drug-likeness (QED) is 0.214. The summed E-state index contributed by atoms with van der Waals surface area (Å²) in [5.74, 6) is -3.23. The number of amides is 2. The molecule has 0 atom stereocenters. The number of carbonyl (C=O) groups excluding carboxylic acids is 2. The predicted molar refractivity (Wildman–Crippen MR) is 107 cm³/mol.